The molecule has 0 aromatic rings. The van der Waals surface area contributed by atoms with Gasteiger partial charge in [-0.2, -0.15) is 0 Å². The van der Waals surface area contributed by atoms with E-state index in [1.807, 2.05) is 13.8 Å². The van der Waals surface area contributed by atoms with Gasteiger partial charge in [-0.1, -0.05) is 26.7 Å². The van der Waals surface area contributed by atoms with Gasteiger partial charge in [-0.05, 0) is 0 Å². The van der Waals surface area contributed by atoms with E-state index in [1.54, 1.807) is 0 Å². The topological polar surface area (TPSA) is 72.1 Å². The third-order valence-electron chi connectivity index (χ3n) is 1.26. The third kappa shape index (κ3) is 52.9. The maximum absolute atomic E-state index is 9.30. The maximum atomic E-state index is 9.30. The van der Waals surface area contributed by atoms with Gasteiger partial charge in [-0.15, -0.1) is 13.2 Å². The molecule has 92 valence electrons. The molecule has 15 heavy (non-hydrogen) atoms. The van der Waals surface area contributed by atoms with Crippen molar-refractivity contribution >= 4 is 21.1 Å². The average molecular weight is 324 g/mol. The molecular weight excluding hydrogens is 297 g/mol. The zero-order chi connectivity index (χ0) is 12.5. The second-order valence-electron chi connectivity index (χ2n) is 3.28. The molecule has 0 aliphatic rings. The summed E-state index contributed by atoms with van der Waals surface area (Å²) >= 11 is 0.0730. The van der Waals surface area contributed by atoms with Crippen molar-refractivity contribution in [2.45, 2.75) is 55.5 Å². The van der Waals surface area contributed by atoms with Crippen LogP contribution in [0.1, 0.15) is 40.0 Å². The SMILES string of the molecule is CCC[O-].CCC[O-].[CH3][Sn+2][CH2]CC(C)N. The van der Waals surface area contributed by atoms with Gasteiger partial charge >= 0.3 is 55.6 Å². The van der Waals surface area contributed by atoms with Crippen LogP contribution in [-0.4, -0.2) is 40.4 Å². The molecular formula is C11H27NO2Sn. The number of hydrogen-bond acceptors (Lipinski definition) is 3. The van der Waals surface area contributed by atoms with E-state index in [2.05, 4.69) is 11.9 Å². The summed E-state index contributed by atoms with van der Waals surface area (Å²) in [6.07, 6.45) is 2.78. The molecule has 0 aliphatic carbocycles. The fraction of sp³-hybridized carbons (Fsp3) is 1.00. The van der Waals surface area contributed by atoms with Crippen LogP contribution >= 0.6 is 0 Å². The van der Waals surface area contributed by atoms with Crippen LogP contribution in [-0.2, 0) is 0 Å². The normalized spacial score (nSPS) is 10.1. The molecule has 0 rings (SSSR count). The van der Waals surface area contributed by atoms with Crippen LogP contribution < -0.4 is 15.9 Å². The van der Waals surface area contributed by atoms with Gasteiger partial charge in [0.15, 0.2) is 0 Å². The van der Waals surface area contributed by atoms with Crippen molar-refractivity contribution in [1.29, 1.82) is 0 Å². The molecule has 3 nitrogen and oxygen atoms in total. The Morgan fingerprint density at radius 2 is 1.47 bits per heavy atom. The van der Waals surface area contributed by atoms with Crippen molar-refractivity contribution in [2.75, 3.05) is 13.2 Å². The van der Waals surface area contributed by atoms with Gasteiger partial charge in [-0.25, -0.2) is 0 Å². The van der Waals surface area contributed by atoms with E-state index >= 15 is 0 Å². The minimum absolute atomic E-state index is 0.0694. The van der Waals surface area contributed by atoms with Gasteiger partial charge in [0.25, 0.3) is 0 Å². The standard InChI is InChI=1S/C4H10N.2C3H7O.CH3.Sn/c1-3-4(2)5;2*1-2-3-4;;/h4H,1,3,5H2,2H3;2*2-3H2,1H3;1H3;/q;2*-1;;+2. The summed E-state index contributed by atoms with van der Waals surface area (Å²) in [5.74, 6) is 0. The summed E-state index contributed by atoms with van der Waals surface area (Å²) in [5.41, 5.74) is 5.51. The van der Waals surface area contributed by atoms with Gasteiger partial charge in [0, 0.05) is 0 Å². The molecule has 0 amide bonds. The first-order chi connectivity index (χ1) is 7.10. The van der Waals surface area contributed by atoms with Crippen molar-refractivity contribution in [3.8, 4) is 0 Å². The van der Waals surface area contributed by atoms with Crippen LogP contribution in [0.25, 0.3) is 0 Å². The molecule has 2 N–H and O–H groups in total. The minimum atomic E-state index is 0.0694. The van der Waals surface area contributed by atoms with Crippen LogP contribution in [0.15, 0.2) is 0 Å². The second kappa shape index (κ2) is 24.1. The molecule has 0 aromatic heterocycles. The van der Waals surface area contributed by atoms with Crippen molar-refractivity contribution < 1.29 is 10.2 Å². The van der Waals surface area contributed by atoms with Crippen molar-refractivity contribution in [2.24, 2.45) is 5.73 Å². The van der Waals surface area contributed by atoms with E-state index in [0.717, 1.165) is 12.8 Å². The fourth-order valence-corrected chi connectivity index (χ4v) is 2.50. The Morgan fingerprint density at radius 1 is 1.13 bits per heavy atom. The van der Waals surface area contributed by atoms with Crippen LogP contribution in [0.3, 0.4) is 0 Å². The third-order valence-corrected chi connectivity index (χ3v) is 3.51. The summed E-state index contributed by atoms with van der Waals surface area (Å²) in [6, 6.07) is 0.445. The van der Waals surface area contributed by atoms with Crippen LogP contribution in [0, 0.1) is 0 Å². The molecule has 4 heteroatoms. The molecule has 0 fully saturated rings. The second-order valence-corrected chi connectivity index (χ2v) is 6.72. The van der Waals surface area contributed by atoms with Crippen LogP contribution in [0.5, 0.6) is 0 Å². The summed E-state index contributed by atoms with van der Waals surface area (Å²) < 4.78 is 1.45. The van der Waals surface area contributed by atoms with Crippen LogP contribution in [0.4, 0.5) is 0 Å². The molecule has 0 spiro atoms. The number of rotatable bonds is 5. The van der Waals surface area contributed by atoms with Crippen molar-refractivity contribution in [1.82, 2.24) is 0 Å². The Labute approximate surface area is 106 Å². The molecule has 0 bridgehead atoms. The monoisotopic (exact) mass is 325 g/mol. The van der Waals surface area contributed by atoms with Gasteiger partial charge in [0.1, 0.15) is 0 Å². The average Bonchev–Trinajstić information content (AvgIpc) is 2.27. The Hall–Kier alpha value is 0.679. The van der Waals surface area contributed by atoms with Gasteiger partial charge in [-0.3, -0.25) is 0 Å². The molecule has 0 aliphatic heterocycles. The molecule has 0 radical (unpaired) electrons. The van der Waals surface area contributed by atoms with Gasteiger partial charge in [0.2, 0.25) is 0 Å². The molecule has 0 aromatic carbocycles. The first-order valence-electron chi connectivity index (χ1n) is 5.66. The zero-order valence-electron chi connectivity index (χ0n) is 10.7. The first-order valence-corrected chi connectivity index (χ1v) is 10.5. The van der Waals surface area contributed by atoms with Gasteiger partial charge < -0.3 is 10.2 Å². The number of hydrogen-bond donors (Lipinski definition) is 1. The quantitative estimate of drug-likeness (QED) is 0.745. The van der Waals surface area contributed by atoms with E-state index in [-0.39, 0.29) is 34.4 Å². The Kier molecular flexibility index (Phi) is 33.7. The summed E-state index contributed by atoms with van der Waals surface area (Å²) in [5, 5.41) is 18.6. The summed E-state index contributed by atoms with van der Waals surface area (Å²) in [4.78, 5) is 2.35. The molecule has 0 saturated heterocycles. The van der Waals surface area contributed by atoms with E-state index < -0.39 is 0 Å². The molecule has 1 unspecified atom stereocenters. The summed E-state index contributed by atoms with van der Waals surface area (Å²) in [6.45, 7) is 5.95. The van der Waals surface area contributed by atoms with Crippen molar-refractivity contribution in [3.63, 3.8) is 0 Å². The van der Waals surface area contributed by atoms with E-state index in [9.17, 15) is 10.2 Å². The molecule has 0 saturated carbocycles. The summed E-state index contributed by atoms with van der Waals surface area (Å²) in [7, 11) is 0. The van der Waals surface area contributed by atoms with E-state index in [4.69, 9.17) is 5.73 Å². The zero-order valence-corrected chi connectivity index (χ0v) is 13.6. The van der Waals surface area contributed by atoms with E-state index in [0.29, 0.717) is 6.04 Å². The molecule has 0 heterocycles. The molecule has 1 atom stereocenters. The predicted octanol–water partition coefficient (Wildman–Crippen LogP) is 0.408. The van der Waals surface area contributed by atoms with Gasteiger partial charge in [0.05, 0.1) is 0 Å². The Bertz CT molecular complexity index is 75.0. The Morgan fingerprint density at radius 3 is 1.53 bits per heavy atom. The van der Waals surface area contributed by atoms with Crippen LogP contribution in [0.2, 0.25) is 9.38 Å². The number of nitrogens with two attached hydrogens (primary N) is 1. The van der Waals surface area contributed by atoms with Crippen molar-refractivity contribution in [3.05, 3.63) is 0 Å². The first kappa shape index (κ1) is 21.0. The Balaban J connectivity index is -0.000000155. The predicted molar refractivity (Wildman–Crippen MR) is 65.0 cm³/mol. The van der Waals surface area contributed by atoms with E-state index in [1.165, 1.54) is 10.9 Å². The fourth-order valence-electron chi connectivity index (χ4n) is 0.372.